The summed E-state index contributed by atoms with van der Waals surface area (Å²) < 4.78 is 4.32. The number of aliphatic hydroxyl groups is 1. The molecule has 1 aromatic carbocycles. The second-order valence-electron chi connectivity index (χ2n) is 7.47. The van der Waals surface area contributed by atoms with Gasteiger partial charge in [0, 0.05) is 5.41 Å². The van der Waals surface area contributed by atoms with Gasteiger partial charge in [0.25, 0.3) is 0 Å². The van der Waals surface area contributed by atoms with E-state index in [1.54, 1.807) is 0 Å². The van der Waals surface area contributed by atoms with Gasteiger partial charge >= 0.3 is 0 Å². The Morgan fingerprint density at radius 3 is 2.23 bits per heavy atom. The minimum Gasteiger partial charge on any atom is -0.392 e. The van der Waals surface area contributed by atoms with Gasteiger partial charge in [-0.2, -0.15) is 0 Å². The van der Waals surface area contributed by atoms with Gasteiger partial charge in [-0.1, -0.05) is 38.5 Å². The average molecular weight is 301 g/mol. The maximum atomic E-state index is 9.70. The molecule has 3 heteroatoms. The molecule has 0 saturated carbocycles. The van der Waals surface area contributed by atoms with Crippen LogP contribution in [0.4, 0.5) is 0 Å². The minimum absolute atomic E-state index is 0.0291. The number of aromatic nitrogens is 2. The van der Waals surface area contributed by atoms with Crippen molar-refractivity contribution in [3.05, 3.63) is 53.1 Å². The lowest BCUT2D eigenvalue weighted by Crippen LogP contribution is -2.34. The van der Waals surface area contributed by atoms with Crippen LogP contribution in [-0.4, -0.2) is 16.3 Å². The normalized spacial score (nSPS) is 13.4. The maximum Gasteiger partial charge on any atom is 0.244 e. The third-order valence-electron chi connectivity index (χ3n) is 4.43. The summed E-state index contributed by atoms with van der Waals surface area (Å²) in [6.07, 6.45) is 6.25. The molecule has 0 unspecified atom stereocenters. The number of hydrogen-bond acceptors (Lipinski definition) is 1. The van der Waals surface area contributed by atoms with E-state index in [1.165, 1.54) is 22.3 Å². The van der Waals surface area contributed by atoms with Crippen LogP contribution in [0.3, 0.4) is 0 Å². The molecule has 0 fully saturated rings. The summed E-state index contributed by atoms with van der Waals surface area (Å²) in [5.41, 5.74) is 5.40. The zero-order valence-electron chi connectivity index (χ0n) is 14.7. The first-order valence-electron chi connectivity index (χ1n) is 7.96. The first-order valence-corrected chi connectivity index (χ1v) is 7.96. The SMILES string of the molecule is Cc1cc(C)c(C[n+]2ccn([C@H](CO)C(C)(C)C)c2)c(C)c1. The predicted octanol–water partition coefficient (Wildman–Crippen LogP) is 3.33. The molecule has 0 aliphatic rings. The van der Waals surface area contributed by atoms with Gasteiger partial charge in [0.2, 0.25) is 6.33 Å². The van der Waals surface area contributed by atoms with Crippen molar-refractivity contribution in [2.24, 2.45) is 5.41 Å². The van der Waals surface area contributed by atoms with Gasteiger partial charge < -0.3 is 5.11 Å². The van der Waals surface area contributed by atoms with E-state index in [1.807, 2.05) is 0 Å². The number of aliphatic hydroxyl groups excluding tert-OH is 1. The lowest BCUT2D eigenvalue weighted by molar-refractivity contribution is -0.688. The Balaban J connectivity index is 2.27. The maximum absolute atomic E-state index is 9.70. The number of hydrogen-bond donors (Lipinski definition) is 1. The van der Waals surface area contributed by atoms with Crippen LogP contribution in [0.5, 0.6) is 0 Å². The van der Waals surface area contributed by atoms with E-state index in [4.69, 9.17) is 0 Å². The van der Waals surface area contributed by atoms with Gasteiger partial charge in [-0.15, -0.1) is 0 Å². The van der Waals surface area contributed by atoms with Crippen molar-refractivity contribution in [3.8, 4) is 0 Å². The summed E-state index contributed by atoms with van der Waals surface area (Å²) in [4.78, 5) is 0. The molecule has 2 rings (SSSR count). The fraction of sp³-hybridized carbons (Fsp3) is 0.526. The third kappa shape index (κ3) is 3.58. The van der Waals surface area contributed by atoms with Crippen LogP contribution in [0.25, 0.3) is 0 Å². The van der Waals surface area contributed by atoms with Crippen LogP contribution in [0.2, 0.25) is 0 Å². The molecule has 120 valence electrons. The van der Waals surface area contributed by atoms with Crippen LogP contribution in [-0.2, 0) is 6.54 Å². The van der Waals surface area contributed by atoms with Crippen molar-refractivity contribution < 1.29 is 9.67 Å². The number of nitrogens with zero attached hydrogens (tertiary/aromatic N) is 2. The Bertz CT molecular complexity index is 627. The van der Waals surface area contributed by atoms with E-state index in [-0.39, 0.29) is 18.1 Å². The summed E-state index contributed by atoms with van der Waals surface area (Å²) in [6.45, 7) is 14.0. The largest absolute Gasteiger partial charge is 0.392 e. The monoisotopic (exact) mass is 301 g/mol. The fourth-order valence-electron chi connectivity index (χ4n) is 3.15. The summed E-state index contributed by atoms with van der Waals surface area (Å²) in [6, 6.07) is 4.57. The highest BCUT2D eigenvalue weighted by molar-refractivity contribution is 5.36. The topological polar surface area (TPSA) is 29.0 Å². The Kier molecular flexibility index (Phi) is 4.76. The molecule has 0 bridgehead atoms. The molecule has 2 aromatic rings. The predicted molar refractivity (Wildman–Crippen MR) is 90.0 cm³/mol. The van der Waals surface area contributed by atoms with Gasteiger partial charge in [0.1, 0.15) is 25.0 Å². The zero-order chi connectivity index (χ0) is 16.5. The van der Waals surface area contributed by atoms with Crippen LogP contribution in [0, 0.1) is 26.2 Å². The Hall–Kier alpha value is -1.61. The molecule has 1 aromatic heterocycles. The molecular formula is C19H29N2O+. The smallest absolute Gasteiger partial charge is 0.244 e. The van der Waals surface area contributed by atoms with Crippen molar-refractivity contribution >= 4 is 0 Å². The van der Waals surface area contributed by atoms with Gasteiger partial charge in [-0.05, 0) is 37.5 Å². The van der Waals surface area contributed by atoms with Crippen LogP contribution >= 0.6 is 0 Å². The van der Waals surface area contributed by atoms with Gasteiger partial charge in [-0.3, -0.25) is 0 Å². The highest BCUT2D eigenvalue weighted by atomic mass is 16.3. The van der Waals surface area contributed by atoms with Crippen LogP contribution in [0.1, 0.15) is 49.1 Å². The first kappa shape index (κ1) is 16.8. The Morgan fingerprint density at radius 2 is 1.73 bits per heavy atom. The molecule has 0 amide bonds. The lowest BCUT2D eigenvalue weighted by Gasteiger charge is -2.25. The Labute approximate surface area is 134 Å². The summed E-state index contributed by atoms with van der Waals surface area (Å²) in [5, 5.41) is 9.70. The van der Waals surface area contributed by atoms with E-state index in [2.05, 4.69) is 81.5 Å². The van der Waals surface area contributed by atoms with Crippen LogP contribution < -0.4 is 4.57 Å². The molecule has 0 spiro atoms. The average Bonchev–Trinajstić information content (AvgIpc) is 2.81. The van der Waals surface area contributed by atoms with E-state index in [0.29, 0.717) is 0 Å². The van der Waals surface area contributed by atoms with Gasteiger partial charge in [0.05, 0.1) is 6.61 Å². The molecule has 0 aliphatic carbocycles. The number of aryl methyl sites for hydroxylation is 3. The highest BCUT2D eigenvalue weighted by Gasteiger charge is 2.29. The molecule has 0 saturated heterocycles. The van der Waals surface area contributed by atoms with E-state index >= 15 is 0 Å². The van der Waals surface area contributed by atoms with Crippen LogP contribution in [0.15, 0.2) is 30.9 Å². The second-order valence-corrected chi connectivity index (χ2v) is 7.47. The highest BCUT2D eigenvalue weighted by Crippen LogP contribution is 2.29. The number of imidazole rings is 1. The number of benzene rings is 1. The van der Waals surface area contributed by atoms with Crippen molar-refractivity contribution in [1.29, 1.82) is 0 Å². The quantitative estimate of drug-likeness (QED) is 0.862. The zero-order valence-corrected chi connectivity index (χ0v) is 14.7. The standard InChI is InChI=1S/C19H29N2O/c1-14-9-15(2)17(16(3)10-14)11-20-7-8-21(13-20)18(12-22)19(4,5)6/h7-10,13,18,22H,11-12H2,1-6H3/q+1/t18-/m1/s1. The fourth-order valence-corrected chi connectivity index (χ4v) is 3.15. The molecule has 1 atom stereocenters. The van der Waals surface area contributed by atoms with E-state index in [9.17, 15) is 5.11 Å². The Morgan fingerprint density at radius 1 is 1.14 bits per heavy atom. The molecule has 0 radical (unpaired) electrons. The third-order valence-corrected chi connectivity index (χ3v) is 4.43. The summed E-state index contributed by atoms with van der Waals surface area (Å²) in [7, 11) is 0. The molecule has 1 heterocycles. The van der Waals surface area contributed by atoms with Gasteiger partial charge in [-0.25, -0.2) is 9.13 Å². The second kappa shape index (κ2) is 6.25. The van der Waals surface area contributed by atoms with Crippen molar-refractivity contribution in [2.75, 3.05) is 6.61 Å². The molecule has 1 N–H and O–H groups in total. The van der Waals surface area contributed by atoms with E-state index in [0.717, 1.165) is 6.54 Å². The number of rotatable bonds is 4. The first-order chi connectivity index (χ1) is 10.2. The lowest BCUT2D eigenvalue weighted by atomic mass is 9.87. The summed E-state index contributed by atoms with van der Waals surface area (Å²) in [5.74, 6) is 0. The minimum atomic E-state index is 0.0291. The van der Waals surface area contributed by atoms with Crippen molar-refractivity contribution in [1.82, 2.24) is 4.57 Å². The van der Waals surface area contributed by atoms with E-state index < -0.39 is 0 Å². The summed E-state index contributed by atoms with van der Waals surface area (Å²) >= 11 is 0. The molecular weight excluding hydrogens is 272 g/mol. The molecule has 22 heavy (non-hydrogen) atoms. The van der Waals surface area contributed by atoms with Gasteiger partial charge in [0.15, 0.2) is 0 Å². The van der Waals surface area contributed by atoms with Crippen molar-refractivity contribution in [2.45, 2.75) is 54.1 Å². The molecule has 3 nitrogen and oxygen atoms in total. The van der Waals surface area contributed by atoms with Crippen molar-refractivity contribution in [3.63, 3.8) is 0 Å². The molecule has 0 aliphatic heterocycles.